The lowest BCUT2D eigenvalue weighted by Gasteiger charge is -2.10. The SMILES string of the molecule is Cc1cccc(Cn2cnc3c(cnn3C3CCS(=O)(=O)C3)c2=O)c1. The molecule has 8 heteroatoms. The number of hydrogen-bond donors (Lipinski definition) is 0. The molecule has 25 heavy (non-hydrogen) atoms. The molecule has 1 aliphatic rings. The van der Waals surface area contributed by atoms with Crippen molar-refractivity contribution < 1.29 is 8.42 Å². The minimum absolute atomic E-state index is 0.0534. The van der Waals surface area contributed by atoms with Crippen molar-refractivity contribution in [2.24, 2.45) is 0 Å². The smallest absolute Gasteiger partial charge is 0.264 e. The summed E-state index contributed by atoms with van der Waals surface area (Å²) in [5, 5.41) is 4.66. The Morgan fingerprint density at radius 2 is 2.16 bits per heavy atom. The molecular formula is C17H18N4O3S. The van der Waals surface area contributed by atoms with Gasteiger partial charge in [0.15, 0.2) is 15.5 Å². The summed E-state index contributed by atoms with van der Waals surface area (Å²) in [5.41, 5.74) is 2.44. The number of aryl methyl sites for hydroxylation is 1. The van der Waals surface area contributed by atoms with Crippen molar-refractivity contribution in [1.82, 2.24) is 19.3 Å². The number of fused-ring (bicyclic) bond motifs is 1. The summed E-state index contributed by atoms with van der Waals surface area (Å²) in [6, 6.07) is 7.72. The van der Waals surface area contributed by atoms with E-state index in [4.69, 9.17) is 0 Å². The van der Waals surface area contributed by atoms with Crippen LogP contribution in [0.1, 0.15) is 23.6 Å². The zero-order chi connectivity index (χ0) is 17.6. The molecule has 0 spiro atoms. The van der Waals surface area contributed by atoms with Crippen LogP contribution < -0.4 is 5.56 Å². The minimum Gasteiger partial charge on any atom is -0.294 e. The lowest BCUT2D eigenvalue weighted by molar-refractivity contribution is 0.511. The second-order valence-corrected chi connectivity index (χ2v) is 8.78. The van der Waals surface area contributed by atoms with Gasteiger partial charge in [0.2, 0.25) is 0 Å². The van der Waals surface area contributed by atoms with Crippen molar-refractivity contribution in [2.75, 3.05) is 11.5 Å². The first kappa shape index (κ1) is 16.0. The number of nitrogens with zero attached hydrogens (tertiary/aromatic N) is 4. The van der Waals surface area contributed by atoms with Crippen molar-refractivity contribution >= 4 is 20.9 Å². The molecule has 1 aliphatic heterocycles. The van der Waals surface area contributed by atoms with Gasteiger partial charge < -0.3 is 0 Å². The van der Waals surface area contributed by atoms with Crippen molar-refractivity contribution in [3.63, 3.8) is 0 Å². The van der Waals surface area contributed by atoms with Gasteiger partial charge in [0, 0.05) is 0 Å². The molecule has 1 atom stereocenters. The summed E-state index contributed by atoms with van der Waals surface area (Å²) in [4.78, 5) is 17.1. The van der Waals surface area contributed by atoms with Crippen LogP contribution in [0.15, 0.2) is 41.6 Å². The highest BCUT2D eigenvalue weighted by Gasteiger charge is 2.31. The van der Waals surface area contributed by atoms with Crippen LogP contribution in [-0.2, 0) is 16.4 Å². The molecule has 0 aliphatic carbocycles. The van der Waals surface area contributed by atoms with Gasteiger partial charge in [0.1, 0.15) is 11.7 Å². The van der Waals surface area contributed by atoms with Crippen molar-refractivity contribution in [2.45, 2.75) is 25.9 Å². The molecular weight excluding hydrogens is 340 g/mol. The van der Waals surface area contributed by atoms with E-state index in [1.807, 2.05) is 31.2 Å². The zero-order valence-corrected chi connectivity index (χ0v) is 14.6. The Labute approximate surface area is 144 Å². The zero-order valence-electron chi connectivity index (χ0n) is 13.8. The Hall–Kier alpha value is -2.48. The highest BCUT2D eigenvalue weighted by Crippen LogP contribution is 2.25. The first-order valence-electron chi connectivity index (χ1n) is 8.11. The van der Waals surface area contributed by atoms with Crippen molar-refractivity contribution in [1.29, 1.82) is 0 Å². The molecule has 7 nitrogen and oxygen atoms in total. The summed E-state index contributed by atoms with van der Waals surface area (Å²) < 4.78 is 26.5. The normalized spacial score (nSPS) is 19.5. The Morgan fingerprint density at radius 1 is 1.32 bits per heavy atom. The maximum atomic E-state index is 12.7. The standard InChI is InChI=1S/C17H18N4O3S/c1-12-3-2-4-13(7-12)9-20-11-18-16-15(17(20)22)8-19-21(16)14-5-6-25(23,24)10-14/h2-4,7-8,11,14H,5-6,9-10H2,1H3. The summed E-state index contributed by atoms with van der Waals surface area (Å²) in [7, 11) is -3.03. The molecule has 0 amide bonds. The second kappa shape index (κ2) is 5.80. The average Bonchev–Trinajstić information content (AvgIpc) is 3.13. The van der Waals surface area contributed by atoms with Crippen LogP contribution in [0.2, 0.25) is 0 Å². The Kier molecular flexibility index (Phi) is 3.72. The molecule has 2 aromatic heterocycles. The lowest BCUT2D eigenvalue weighted by atomic mass is 10.1. The highest BCUT2D eigenvalue weighted by atomic mass is 32.2. The molecule has 3 aromatic rings. The van der Waals surface area contributed by atoms with E-state index >= 15 is 0 Å². The van der Waals surface area contributed by atoms with E-state index in [1.54, 1.807) is 9.25 Å². The Morgan fingerprint density at radius 3 is 2.88 bits per heavy atom. The predicted molar refractivity (Wildman–Crippen MR) is 94.4 cm³/mol. The number of aromatic nitrogens is 4. The third kappa shape index (κ3) is 2.97. The fourth-order valence-electron chi connectivity index (χ4n) is 3.32. The van der Waals surface area contributed by atoms with E-state index in [0.717, 1.165) is 11.1 Å². The van der Waals surface area contributed by atoms with Gasteiger partial charge in [-0.3, -0.25) is 9.36 Å². The van der Waals surface area contributed by atoms with Crippen LogP contribution in [0, 0.1) is 6.92 Å². The van der Waals surface area contributed by atoms with Crippen LogP contribution >= 0.6 is 0 Å². The van der Waals surface area contributed by atoms with Gasteiger partial charge in [-0.05, 0) is 18.9 Å². The third-order valence-corrected chi connectivity index (χ3v) is 6.32. The van der Waals surface area contributed by atoms with Crippen LogP contribution in [0.4, 0.5) is 0 Å². The highest BCUT2D eigenvalue weighted by molar-refractivity contribution is 7.91. The van der Waals surface area contributed by atoms with Crippen molar-refractivity contribution in [3.8, 4) is 0 Å². The third-order valence-electron chi connectivity index (χ3n) is 4.57. The first-order valence-corrected chi connectivity index (χ1v) is 9.94. The van der Waals surface area contributed by atoms with Gasteiger partial charge in [0.25, 0.3) is 5.56 Å². The number of rotatable bonds is 3. The van der Waals surface area contributed by atoms with Gasteiger partial charge >= 0.3 is 0 Å². The second-order valence-electron chi connectivity index (χ2n) is 6.55. The quantitative estimate of drug-likeness (QED) is 0.704. The first-order chi connectivity index (χ1) is 11.9. The van der Waals surface area contributed by atoms with Crippen LogP contribution in [0.3, 0.4) is 0 Å². The van der Waals surface area contributed by atoms with Crippen LogP contribution in [0.25, 0.3) is 11.0 Å². The van der Waals surface area contributed by atoms with Crippen LogP contribution in [-0.4, -0.2) is 39.3 Å². The van der Waals surface area contributed by atoms with Gasteiger partial charge in [-0.1, -0.05) is 29.8 Å². The molecule has 1 unspecified atom stereocenters. The monoisotopic (exact) mass is 358 g/mol. The Bertz CT molecular complexity index is 1110. The largest absolute Gasteiger partial charge is 0.294 e. The van der Waals surface area contributed by atoms with E-state index in [1.165, 1.54) is 12.5 Å². The maximum absolute atomic E-state index is 12.7. The van der Waals surface area contributed by atoms with E-state index < -0.39 is 9.84 Å². The molecule has 1 aromatic carbocycles. The van der Waals surface area contributed by atoms with Gasteiger partial charge in [0.05, 0.1) is 30.3 Å². The summed E-state index contributed by atoms with van der Waals surface area (Å²) in [5.74, 6) is 0.210. The van der Waals surface area contributed by atoms with E-state index in [0.29, 0.717) is 24.0 Å². The lowest BCUT2D eigenvalue weighted by Crippen LogP contribution is -2.21. The average molecular weight is 358 g/mol. The molecule has 0 radical (unpaired) electrons. The molecule has 1 fully saturated rings. The maximum Gasteiger partial charge on any atom is 0.264 e. The number of benzene rings is 1. The van der Waals surface area contributed by atoms with Gasteiger partial charge in [-0.25, -0.2) is 18.1 Å². The summed E-state index contributed by atoms with van der Waals surface area (Å²) >= 11 is 0. The number of sulfone groups is 1. The Balaban J connectivity index is 1.71. The van der Waals surface area contributed by atoms with E-state index in [-0.39, 0.29) is 23.1 Å². The van der Waals surface area contributed by atoms with E-state index in [2.05, 4.69) is 10.1 Å². The predicted octanol–water partition coefficient (Wildman–Crippen LogP) is 1.31. The van der Waals surface area contributed by atoms with Gasteiger partial charge in [-0.15, -0.1) is 0 Å². The molecule has 4 rings (SSSR count). The topological polar surface area (TPSA) is 86.8 Å². The van der Waals surface area contributed by atoms with Gasteiger partial charge in [-0.2, -0.15) is 5.10 Å². The molecule has 0 saturated carbocycles. The molecule has 0 N–H and O–H groups in total. The van der Waals surface area contributed by atoms with E-state index in [9.17, 15) is 13.2 Å². The molecule has 3 heterocycles. The molecule has 1 saturated heterocycles. The van der Waals surface area contributed by atoms with Crippen molar-refractivity contribution in [3.05, 3.63) is 58.3 Å². The fraction of sp³-hybridized carbons (Fsp3) is 0.353. The minimum atomic E-state index is -3.03. The van der Waals surface area contributed by atoms with Crippen LogP contribution in [0.5, 0.6) is 0 Å². The summed E-state index contributed by atoms with van der Waals surface area (Å²) in [6.07, 6.45) is 3.50. The summed E-state index contributed by atoms with van der Waals surface area (Å²) in [6.45, 7) is 2.44. The molecule has 130 valence electrons. The number of hydrogen-bond acceptors (Lipinski definition) is 5. The fourth-order valence-corrected chi connectivity index (χ4v) is 5.01. The molecule has 0 bridgehead atoms.